The van der Waals surface area contributed by atoms with E-state index in [-0.39, 0.29) is 11.7 Å². The molecule has 1 saturated heterocycles. The van der Waals surface area contributed by atoms with Crippen molar-refractivity contribution in [2.45, 2.75) is 26.3 Å². The first-order valence-corrected chi connectivity index (χ1v) is 8.87. The van der Waals surface area contributed by atoms with Gasteiger partial charge in [-0.05, 0) is 30.5 Å². The second-order valence-electron chi connectivity index (χ2n) is 6.40. The largest absolute Gasteiger partial charge is 0.337 e. The third-order valence-corrected chi connectivity index (χ3v) is 4.74. The Balaban J connectivity index is 1.65. The predicted octanol–water partition coefficient (Wildman–Crippen LogP) is 3.13. The van der Waals surface area contributed by atoms with E-state index < -0.39 is 0 Å². The summed E-state index contributed by atoms with van der Waals surface area (Å²) in [7, 11) is 0. The summed E-state index contributed by atoms with van der Waals surface area (Å²) in [6, 6.07) is 8.71. The number of amides is 1. The van der Waals surface area contributed by atoms with Crippen LogP contribution >= 0.6 is 0 Å². The molecule has 0 unspecified atom stereocenters. The number of aryl methyl sites for hydroxylation is 1. The van der Waals surface area contributed by atoms with Gasteiger partial charge in [-0.25, -0.2) is 4.39 Å². The SMILES string of the molecule is CCc1cnccc1C(=O)N1CCCN(Cc2ccccc2F)CC1. The lowest BCUT2D eigenvalue weighted by Crippen LogP contribution is -2.35. The molecular weight excluding hydrogens is 317 g/mol. The van der Waals surface area contributed by atoms with E-state index in [0.29, 0.717) is 18.7 Å². The number of aromatic nitrogens is 1. The molecule has 25 heavy (non-hydrogen) atoms. The second kappa shape index (κ2) is 8.21. The number of nitrogens with zero attached hydrogens (tertiary/aromatic N) is 3. The highest BCUT2D eigenvalue weighted by atomic mass is 19.1. The summed E-state index contributed by atoms with van der Waals surface area (Å²) < 4.78 is 13.9. The van der Waals surface area contributed by atoms with Crippen LogP contribution in [-0.4, -0.2) is 46.9 Å². The van der Waals surface area contributed by atoms with E-state index in [1.165, 1.54) is 6.07 Å². The van der Waals surface area contributed by atoms with Gasteiger partial charge in [0.1, 0.15) is 5.82 Å². The van der Waals surface area contributed by atoms with Crippen LogP contribution in [0.2, 0.25) is 0 Å². The average Bonchev–Trinajstić information content (AvgIpc) is 2.88. The fraction of sp³-hybridized carbons (Fsp3) is 0.400. The fourth-order valence-corrected chi connectivity index (χ4v) is 3.29. The molecule has 0 atom stereocenters. The molecule has 0 bridgehead atoms. The maximum atomic E-state index is 13.9. The maximum Gasteiger partial charge on any atom is 0.254 e. The quantitative estimate of drug-likeness (QED) is 0.857. The van der Waals surface area contributed by atoms with Gasteiger partial charge in [0.05, 0.1) is 0 Å². The summed E-state index contributed by atoms with van der Waals surface area (Å²) in [5.74, 6) is -0.0870. The van der Waals surface area contributed by atoms with Gasteiger partial charge in [0, 0.05) is 56.2 Å². The standard InChI is InChI=1S/C20H24FN3O/c1-2-16-14-22-9-8-18(16)20(25)24-11-5-10-23(12-13-24)15-17-6-3-4-7-19(17)21/h3-4,6-9,14H,2,5,10-13,15H2,1H3. The van der Waals surface area contributed by atoms with E-state index in [2.05, 4.69) is 9.88 Å². The van der Waals surface area contributed by atoms with Crippen LogP contribution in [0.5, 0.6) is 0 Å². The molecule has 2 aromatic rings. The van der Waals surface area contributed by atoms with Gasteiger partial charge in [0.15, 0.2) is 0 Å². The molecule has 0 radical (unpaired) electrons. The van der Waals surface area contributed by atoms with Crippen LogP contribution < -0.4 is 0 Å². The summed E-state index contributed by atoms with van der Waals surface area (Å²) in [6.45, 7) is 5.65. The van der Waals surface area contributed by atoms with E-state index in [0.717, 1.165) is 43.6 Å². The molecule has 1 aromatic carbocycles. The summed E-state index contributed by atoms with van der Waals surface area (Å²) in [5.41, 5.74) is 2.45. The zero-order chi connectivity index (χ0) is 17.6. The van der Waals surface area contributed by atoms with Gasteiger partial charge in [-0.3, -0.25) is 14.7 Å². The van der Waals surface area contributed by atoms with E-state index in [4.69, 9.17) is 0 Å². The molecule has 0 aliphatic carbocycles. The lowest BCUT2D eigenvalue weighted by molar-refractivity contribution is 0.0760. The fourth-order valence-electron chi connectivity index (χ4n) is 3.29. The molecule has 1 aliphatic heterocycles. The summed E-state index contributed by atoms with van der Waals surface area (Å²) >= 11 is 0. The lowest BCUT2D eigenvalue weighted by atomic mass is 10.1. The average molecular weight is 341 g/mol. The van der Waals surface area contributed by atoms with Gasteiger partial charge in [0.25, 0.3) is 5.91 Å². The van der Waals surface area contributed by atoms with Crippen LogP contribution in [0.4, 0.5) is 4.39 Å². The number of hydrogen-bond acceptors (Lipinski definition) is 3. The molecule has 0 N–H and O–H groups in total. The van der Waals surface area contributed by atoms with Gasteiger partial charge in [-0.2, -0.15) is 0 Å². The summed E-state index contributed by atoms with van der Waals surface area (Å²) in [4.78, 5) is 21.1. The molecule has 0 spiro atoms. The molecule has 1 aromatic heterocycles. The maximum absolute atomic E-state index is 13.9. The van der Waals surface area contributed by atoms with Crippen LogP contribution in [0.25, 0.3) is 0 Å². The third kappa shape index (κ3) is 4.23. The number of rotatable bonds is 4. The first kappa shape index (κ1) is 17.5. The van der Waals surface area contributed by atoms with Crippen molar-refractivity contribution in [3.8, 4) is 0 Å². The Morgan fingerprint density at radius 2 is 1.96 bits per heavy atom. The molecule has 0 saturated carbocycles. The Hall–Kier alpha value is -2.27. The normalized spacial score (nSPS) is 15.8. The second-order valence-corrected chi connectivity index (χ2v) is 6.40. The minimum atomic E-state index is -0.163. The Bertz CT molecular complexity index is 734. The zero-order valence-electron chi connectivity index (χ0n) is 14.6. The Labute approximate surface area is 148 Å². The first-order chi connectivity index (χ1) is 12.2. The highest BCUT2D eigenvalue weighted by molar-refractivity contribution is 5.95. The van der Waals surface area contributed by atoms with E-state index >= 15 is 0 Å². The molecule has 3 rings (SSSR count). The van der Waals surface area contributed by atoms with Gasteiger partial charge in [-0.1, -0.05) is 25.1 Å². The molecule has 1 aliphatic rings. The predicted molar refractivity (Wildman–Crippen MR) is 95.8 cm³/mol. The van der Waals surface area contributed by atoms with Gasteiger partial charge >= 0.3 is 0 Å². The van der Waals surface area contributed by atoms with Crippen LogP contribution in [0, 0.1) is 5.82 Å². The van der Waals surface area contributed by atoms with Crippen LogP contribution in [0.3, 0.4) is 0 Å². The van der Waals surface area contributed by atoms with Crippen molar-refractivity contribution in [3.05, 3.63) is 65.2 Å². The lowest BCUT2D eigenvalue weighted by Gasteiger charge is -2.23. The number of carbonyl (C=O) groups excluding carboxylic acids is 1. The molecule has 5 heteroatoms. The Morgan fingerprint density at radius 1 is 1.12 bits per heavy atom. The number of hydrogen-bond donors (Lipinski definition) is 0. The van der Waals surface area contributed by atoms with Gasteiger partial charge in [0.2, 0.25) is 0 Å². The van der Waals surface area contributed by atoms with E-state index in [1.807, 2.05) is 30.0 Å². The smallest absolute Gasteiger partial charge is 0.254 e. The van der Waals surface area contributed by atoms with Crippen molar-refractivity contribution in [1.29, 1.82) is 0 Å². The van der Waals surface area contributed by atoms with Crippen LogP contribution in [0.15, 0.2) is 42.7 Å². The number of benzene rings is 1. The van der Waals surface area contributed by atoms with Gasteiger partial charge < -0.3 is 4.90 Å². The summed E-state index contributed by atoms with van der Waals surface area (Å²) in [5, 5.41) is 0. The van der Waals surface area contributed by atoms with Crippen LogP contribution in [-0.2, 0) is 13.0 Å². The van der Waals surface area contributed by atoms with E-state index in [9.17, 15) is 9.18 Å². The molecule has 1 fully saturated rings. The molecule has 2 heterocycles. The third-order valence-electron chi connectivity index (χ3n) is 4.74. The zero-order valence-corrected chi connectivity index (χ0v) is 14.6. The first-order valence-electron chi connectivity index (χ1n) is 8.87. The minimum absolute atomic E-state index is 0.0759. The highest BCUT2D eigenvalue weighted by Gasteiger charge is 2.22. The number of pyridine rings is 1. The number of halogens is 1. The highest BCUT2D eigenvalue weighted by Crippen LogP contribution is 2.15. The van der Waals surface area contributed by atoms with Crippen LogP contribution in [0.1, 0.15) is 34.8 Å². The van der Waals surface area contributed by atoms with Gasteiger partial charge in [-0.15, -0.1) is 0 Å². The van der Waals surface area contributed by atoms with Crippen molar-refractivity contribution in [2.24, 2.45) is 0 Å². The monoisotopic (exact) mass is 341 g/mol. The number of carbonyl (C=O) groups is 1. The molecular formula is C20H24FN3O. The Kier molecular flexibility index (Phi) is 5.76. The van der Waals surface area contributed by atoms with Crippen molar-refractivity contribution in [2.75, 3.05) is 26.2 Å². The molecule has 1 amide bonds. The van der Waals surface area contributed by atoms with Crippen molar-refractivity contribution in [3.63, 3.8) is 0 Å². The van der Waals surface area contributed by atoms with Crippen molar-refractivity contribution in [1.82, 2.24) is 14.8 Å². The summed E-state index contributed by atoms with van der Waals surface area (Å²) in [6.07, 6.45) is 5.14. The van der Waals surface area contributed by atoms with Crippen molar-refractivity contribution < 1.29 is 9.18 Å². The molecule has 132 valence electrons. The minimum Gasteiger partial charge on any atom is -0.337 e. The molecule has 4 nitrogen and oxygen atoms in total. The van der Waals surface area contributed by atoms with Crippen molar-refractivity contribution >= 4 is 5.91 Å². The van der Waals surface area contributed by atoms with E-state index in [1.54, 1.807) is 18.5 Å². The topological polar surface area (TPSA) is 36.4 Å². The Morgan fingerprint density at radius 3 is 2.76 bits per heavy atom.